The summed E-state index contributed by atoms with van der Waals surface area (Å²) in [6.07, 6.45) is 1.60. The summed E-state index contributed by atoms with van der Waals surface area (Å²) in [6.45, 7) is 8.09. The third-order valence-corrected chi connectivity index (χ3v) is 5.77. The molecule has 6 nitrogen and oxygen atoms in total. The van der Waals surface area contributed by atoms with Crippen LogP contribution in [-0.2, 0) is 10.2 Å². The predicted molar refractivity (Wildman–Crippen MR) is 132 cm³/mol. The number of benzene rings is 3. The molecule has 0 saturated heterocycles. The first-order valence-corrected chi connectivity index (χ1v) is 11.2. The van der Waals surface area contributed by atoms with Crippen molar-refractivity contribution in [1.82, 2.24) is 0 Å². The van der Waals surface area contributed by atoms with Crippen LogP contribution in [0, 0.1) is 6.92 Å². The minimum atomic E-state index is -0.490. The monoisotopic (exact) mass is 470 g/mol. The maximum atomic E-state index is 12.9. The molecule has 1 heterocycles. The van der Waals surface area contributed by atoms with Crippen LogP contribution in [0.4, 0.5) is 0 Å². The molecule has 3 aromatic rings. The number of ketones is 1. The molecule has 6 heteroatoms. The fourth-order valence-corrected chi connectivity index (χ4v) is 3.79. The minimum absolute atomic E-state index is 0.0159. The average Bonchev–Trinajstić information content (AvgIpc) is 3.13. The molecule has 0 fully saturated rings. The first-order valence-electron chi connectivity index (χ1n) is 11.2. The molecule has 0 N–H and O–H groups in total. The highest BCUT2D eigenvalue weighted by Crippen LogP contribution is 2.37. The average molecular weight is 471 g/mol. The van der Waals surface area contributed by atoms with Crippen LogP contribution < -0.4 is 9.47 Å². The highest BCUT2D eigenvalue weighted by atomic mass is 16.5. The Morgan fingerprint density at radius 1 is 0.886 bits per heavy atom. The lowest BCUT2D eigenvalue weighted by Gasteiger charge is -2.18. The second kappa shape index (κ2) is 9.22. The number of fused-ring (bicyclic) bond motifs is 1. The lowest BCUT2D eigenvalue weighted by Crippen LogP contribution is -2.13. The number of carbonyl (C=O) groups is 3. The summed E-state index contributed by atoms with van der Waals surface area (Å²) in [5.41, 5.74) is 3.71. The number of ether oxygens (including phenoxy) is 3. The van der Waals surface area contributed by atoms with E-state index >= 15 is 0 Å². The second-order valence-corrected chi connectivity index (χ2v) is 9.38. The molecule has 0 aromatic heterocycles. The first-order chi connectivity index (χ1) is 16.6. The van der Waals surface area contributed by atoms with Crippen molar-refractivity contribution in [2.24, 2.45) is 0 Å². The molecular weight excluding hydrogens is 444 g/mol. The molecule has 0 unspecified atom stereocenters. The number of allylic oxidation sites excluding steroid dienone is 1. The Kier molecular flexibility index (Phi) is 6.31. The van der Waals surface area contributed by atoms with E-state index in [2.05, 4.69) is 20.8 Å². The van der Waals surface area contributed by atoms with Crippen LogP contribution in [0.15, 0.2) is 66.4 Å². The molecule has 0 bridgehead atoms. The minimum Gasteiger partial charge on any atom is -0.465 e. The summed E-state index contributed by atoms with van der Waals surface area (Å²) >= 11 is 0. The molecule has 1 aliphatic rings. The van der Waals surface area contributed by atoms with E-state index in [1.165, 1.54) is 7.11 Å². The van der Waals surface area contributed by atoms with Crippen molar-refractivity contribution >= 4 is 23.8 Å². The Hall–Kier alpha value is -4.19. The van der Waals surface area contributed by atoms with Gasteiger partial charge >= 0.3 is 11.9 Å². The number of rotatable bonds is 4. The Morgan fingerprint density at radius 2 is 1.49 bits per heavy atom. The normalized spacial score (nSPS) is 13.9. The van der Waals surface area contributed by atoms with Crippen molar-refractivity contribution in [3.63, 3.8) is 0 Å². The Bertz CT molecular complexity index is 1340. The van der Waals surface area contributed by atoms with Gasteiger partial charge in [-0.15, -0.1) is 0 Å². The van der Waals surface area contributed by atoms with Crippen LogP contribution in [0.1, 0.15) is 68.5 Å². The molecule has 0 atom stereocenters. The van der Waals surface area contributed by atoms with Crippen molar-refractivity contribution in [3.8, 4) is 11.5 Å². The van der Waals surface area contributed by atoms with Gasteiger partial charge in [0, 0.05) is 6.07 Å². The van der Waals surface area contributed by atoms with Gasteiger partial charge in [0.2, 0.25) is 5.78 Å². The van der Waals surface area contributed by atoms with Crippen LogP contribution in [0.3, 0.4) is 0 Å². The van der Waals surface area contributed by atoms with Gasteiger partial charge in [0.05, 0.1) is 23.8 Å². The fourth-order valence-electron chi connectivity index (χ4n) is 3.79. The van der Waals surface area contributed by atoms with Gasteiger partial charge < -0.3 is 14.2 Å². The van der Waals surface area contributed by atoms with E-state index in [0.29, 0.717) is 39.3 Å². The van der Waals surface area contributed by atoms with E-state index in [9.17, 15) is 14.4 Å². The molecule has 0 radical (unpaired) electrons. The van der Waals surface area contributed by atoms with E-state index in [1.54, 1.807) is 61.5 Å². The lowest BCUT2D eigenvalue weighted by molar-refractivity contribution is 0.0600. The van der Waals surface area contributed by atoms with Crippen molar-refractivity contribution in [2.45, 2.75) is 33.1 Å². The zero-order valence-electron chi connectivity index (χ0n) is 20.3. The van der Waals surface area contributed by atoms with E-state index < -0.39 is 11.9 Å². The Labute approximate surface area is 204 Å². The van der Waals surface area contributed by atoms with E-state index in [1.807, 2.05) is 12.1 Å². The van der Waals surface area contributed by atoms with Crippen LogP contribution >= 0.6 is 0 Å². The van der Waals surface area contributed by atoms with E-state index in [4.69, 9.17) is 14.2 Å². The summed E-state index contributed by atoms with van der Waals surface area (Å²) in [4.78, 5) is 37.2. The van der Waals surface area contributed by atoms with Gasteiger partial charge in [-0.05, 0) is 65.4 Å². The van der Waals surface area contributed by atoms with Crippen molar-refractivity contribution < 1.29 is 28.6 Å². The summed E-state index contributed by atoms with van der Waals surface area (Å²) in [5.74, 6) is -0.412. The number of esters is 2. The zero-order valence-corrected chi connectivity index (χ0v) is 20.3. The van der Waals surface area contributed by atoms with Crippen LogP contribution in [0.25, 0.3) is 6.08 Å². The highest BCUT2D eigenvalue weighted by molar-refractivity contribution is 6.15. The van der Waals surface area contributed by atoms with E-state index in [-0.39, 0.29) is 17.0 Å². The lowest BCUT2D eigenvalue weighted by atomic mass is 9.87. The maximum absolute atomic E-state index is 12.9. The summed E-state index contributed by atoms with van der Waals surface area (Å²) in [7, 11) is 1.32. The molecule has 178 valence electrons. The van der Waals surface area contributed by atoms with Crippen molar-refractivity contribution in [2.75, 3.05) is 7.11 Å². The second-order valence-electron chi connectivity index (χ2n) is 9.38. The van der Waals surface area contributed by atoms with E-state index in [0.717, 1.165) is 5.56 Å². The standard InChI is InChI=1S/C29H26O6/c1-17-14-22(34-28(32)20-10-12-21(13-11-20)29(2,3)4)16-23-25(17)26(30)24(35-23)15-18-6-8-19(9-7-18)27(31)33-5/h6-16H,1-5H3/b24-15-. The Balaban J connectivity index is 1.53. The largest absolute Gasteiger partial charge is 0.465 e. The fraction of sp³-hybridized carbons (Fsp3) is 0.207. The molecule has 0 aliphatic carbocycles. The van der Waals surface area contributed by atoms with Crippen molar-refractivity contribution in [1.29, 1.82) is 0 Å². The van der Waals surface area contributed by atoms with Crippen LogP contribution in [0.2, 0.25) is 0 Å². The number of aryl methyl sites for hydroxylation is 1. The van der Waals surface area contributed by atoms with Gasteiger partial charge in [-0.1, -0.05) is 45.0 Å². The van der Waals surface area contributed by atoms with Gasteiger partial charge in [-0.3, -0.25) is 4.79 Å². The number of methoxy groups -OCH3 is 1. The molecule has 0 saturated carbocycles. The predicted octanol–water partition coefficient (Wildman–Crippen LogP) is 5.91. The first kappa shape index (κ1) is 24.0. The SMILES string of the molecule is COC(=O)c1ccc(/C=C2\Oc3cc(OC(=O)c4ccc(C(C)(C)C)cc4)cc(C)c3C2=O)cc1. The van der Waals surface area contributed by atoms with Gasteiger partial charge in [-0.2, -0.15) is 0 Å². The quantitative estimate of drug-likeness (QED) is 0.268. The topological polar surface area (TPSA) is 78.9 Å². The summed E-state index contributed by atoms with van der Waals surface area (Å²) < 4.78 is 16.1. The molecule has 1 aliphatic heterocycles. The van der Waals surface area contributed by atoms with Crippen LogP contribution in [0.5, 0.6) is 11.5 Å². The van der Waals surface area contributed by atoms with Gasteiger partial charge in [0.1, 0.15) is 11.5 Å². The zero-order chi connectivity index (χ0) is 25.3. The van der Waals surface area contributed by atoms with Gasteiger partial charge in [0.25, 0.3) is 0 Å². The maximum Gasteiger partial charge on any atom is 0.343 e. The third kappa shape index (κ3) is 5.01. The van der Waals surface area contributed by atoms with Crippen LogP contribution in [-0.4, -0.2) is 24.8 Å². The summed E-state index contributed by atoms with van der Waals surface area (Å²) in [6, 6.07) is 17.1. The Morgan fingerprint density at radius 3 is 2.09 bits per heavy atom. The number of Topliss-reactive ketones (excluding diaryl/α,β-unsaturated/α-hetero) is 1. The molecule has 3 aromatic carbocycles. The van der Waals surface area contributed by atoms with Crippen molar-refractivity contribution in [3.05, 3.63) is 99.8 Å². The molecular formula is C29H26O6. The highest BCUT2D eigenvalue weighted by Gasteiger charge is 2.30. The number of hydrogen-bond acceptors (Lipinski definition) is 6. The molecule has 4 rings (SSSR count). The smallest absolute Gasteiger partial charge is 0.343 e. The van der Waals surface area contributed by atoms with Gasteiger partial charge in [0.15, 0.2) is 5.76 Å². The summed E-state index contributed by atoms with van der Waals surface area (Å²) in [5, 5.41) is 0. The molecule has 0 amide bonds. The molecule has 0 spiro atoms. The third-order valence-electron chi connectivity index (χ3n) is 5.77. The number of carbonyl (C=O) groups excluding carboxylic acids is 3. The number of hydrogen-bond donors (Lipinski definition) is 0. The van der Waals surface area contributed by atoms with Gasteiger partial charge in [-0.25, -0.2) is 9.59 Å². The molecule has 35 heavy (non-hydrogen) atoms.